The van der Waals surface area contributed by atoms with Gasteiger partial charge in [0, 0.05) is 12.6 Å². The van der Waals surface area contributed by atoms with Crippen molar-refractivity contribution in [1.29, 1.82) is 0 Å². The normalized spacial score (nSPS) is 21.9. The summed E-state index contributed by atoms with van der Waals surface area (Å²) in [5.41, 5.74) is 0.700. The Morgan fingerprint density at radius 3 is 2.23 bits per heavy atom. The molecule has 0 aliphatic heterocycles. The lowest BCUT2D eigenvalue weighted by atomic mass is 10.0. The maximum atomic E-state index is 3.67. The Hall–Kier alpha value is -0.0400. The highest BCUT2D eigenvalue weighted by atomic mass is 14.9. The zero-order chi connectivity index (χ0) is 9.90. The molecular formula is C12H25N. The van der Waals surface area contributed by atoms with Crippen LogP contribution in [0.3, 0.4) is 0 Å². The van der Waals surface area contributed by atoms with Gasteiger partial charge in [0.05, 0.1) is 0 Å². The molecule has 0 aromatic rings. The lowest BCUT2D eigenvalue weighted by molar-refractivity contribution is 0.376. The second kappa shape index (κ2) is 4.45. The van der Waals surface area contributed by atoms with Crippen molar-refractivity contribution in [1.82, 2.24) is 5.32 Å². The lowest BCUT2D eigenvalue weighted by Crippen LogP contribution is -2.32. The zero-order valence-electron chi connectivity index (χ0n) is 9.69. The Morgan fingerprint density at radius 2 is 1.85 bits per heavy atom. The summed E-state index contributed by atoms with van der Waals surface area (Å²) in [6.07, 6.45) is 5.56. The third-order valence-corrected chi connectivity index (χ3v) is 3.36. The second-order valence-electron chi connectivity index (χ2n) is 5.27. The average molecular weight is 183 g/mol. The van der Waals surface area contributed by atoms with Gasteiger partial charge in [0.1, 0.15) is 0 Å². The molecule has 1 unspecified atom stereocenters. The van der Waals surface area contributed by atoms with E-state index in [1.54, 1.807) is 0 Å². The molecule has 1 aliphatic carbocycles. The Bertz CT molecular complexity index is 147. The van der Waals surface area contributed by atoms with Crippen molar-refractivity contribution in [3.05, 3.63) is 0 Å². The van der Waals surface area contributed by atoms with Crippen LogP contribution in [0.5, 0.6) is 0 Å². The highest BCUT2D eigenvalue weighted by Crippen LogP contribution is 2.47. The molecule has 1 atom stereocenters. The van der Waals surface area contributed by atoms with Crippen LogP contribution in [0.15, 0.2) is 0 Å². The number of hydrogen-bond acceptors (Lipinski definition) is 1. The Kier molecular flexibility index (Phi) is 3.78. The van der Waals surface area contributed by atoms with E-state index < -0.39 is 0 Å². The molecule has 1 aliphatic rings. The SMILES string of the molecule is CCC1(CNC(C)CC(C)C)CC1. The average Bonchev–Trinajstić information content (AvgIpc) is 2.80. The van der Waals surface area contributed by atoms with E-state index in [0.717, 1.165) is 5.92 Å². The van der Waals surface area contributed by atoms with E-state index >= 15 is 0 Å². The van der Waals surface area contributed by atoms with Gasteiger partial charge in [-0.15, -0.1) is 0 Å². The van der Waals surface area contributed by atoms with Crippen molar-refractivity contribution >= 4 is 0 Å². The van der Waals surface area contributed by atoms with Crippen LogP contribution in [-0.2, 0) is 0 Å². The van der Waals surface area contributed by atoms with Crippen LogP contribution in [0.1, 0.15) is 53.4 Å². The van der Waals surface area contributed by atoms with Gasteiger partial charge in [-0.1, -0.05) is 20.8 Å². The largest absolute Gasteiger partial charge is 0.314 e. The first kappa shape index (κ1) is 11.0. The fourth-order valence-electron chi connectivity index (χ4n) is 2.01. The monoisotopic (exact) mass is 183 g/mol. The quantitative estimate of drug-likeness (QED) is 0.667. The van der Waals surface area contributed by atoms with Crippen molar-refractivity contribution in [3.8, 4) is 0 Å². The third kappa shape index (κ3) is 3.68. The van der Waals surface area contributed by atoms with E-state index in [4.69, 9.17) is 0 Å². The molecule has 0 aromatic carbocycles. The molecule has 0 aromatic heterocycles. The molecule has 1 saturated carbocycles. The van der Waals surface area contributed by atoms with E-state index in [9.17, 15) is 0 Å². The fraction of sp³-hybridized carbons (Fsp3) is 1.00. The summed E-state index contributed by atoms with van der Waals surface area (Å²) in [6.45, 7) is 10.5. The molecule has 0 spiro atoms. The molecular weight excluding hydrogens is 158 g/mol. The molecule has 0 heterocycles. The number of rotatable bonds is 6. The van der Waals surface area contributed by atoms with Gasteiger partial charge in [-0.05, 0) is 43.9 Å². The highest BCUT2D eigenvalue weighted by Gasteiger charge is 2.40. The first-order valence-corrected chi connectivity index (χ1v) is 5.81. The van der Waals surface area contributed by atoms with Gasteiger partial charge in [-0.2, -0.15) is 0 Å². The Morgan fingerprint density at radius 1 is 1.23 bits per heavy atom. The van der Waals surface area contributed by atoms with E-state index in [2.05, 4.69) is 33.0 Å². The summed E-state index contributed by atoms with van der Waals surface area (Å²) < 4.78 is 0. The zero-order valence-corrected chi connectivity index (χ0v) is 9.69. The van der Waals surface area contributed by atoms with Gasteiger partial charge in [0.25, 0.3) is 0 Å². The van der Waals surface area contributed by atoms with Crippen LogP contribution >= 0.6 is 0 Å². The summed E-state index contributed by atoms with van der Waals surface area (Å²) in [5, 5.41) is 3.67. The summed E-state index contributed by atoms with van der Waals surface area (Å²) >= 11 is 0. The van der Waals surface area contributed by atoms with Crippen LogP contribution < -0.4 is 5.32 Å². The van der Waals surface area contributed by atoms with Crippen molar-refractivity contribution in [2.45, 2.75) is 59.4 Å². The van der Waals surface area contributed by atoms with Gasteiger partial charge in [0.15, 0.2) is 0 Å². The first-order valence-electron chi connectivity index (χ1n) is 5.81. The second-order valence-corrected chi connectivity index (χ2v) is 5.27. The summed E-state index contributed by atoms with van der Waals surface area (Å²) in [4.78, 5) is 0. The van der Waals surface area contributed by atoms with Gasteiger partial charge < -0.3 is 5.32 Å². The van der Waals surface area contributed by atoms with Crippen LogP contribution in [0.2, 0.25) is 0 Å². The topological polar surface area (TPSA) is 12.0 Å². The third-order valence-electron chi connectivity index (χ3n) is 3.36. The van der Waals surface area contributed by atoms with Crippen molar-refractivity contribution < 1.29 is 0 Å². The van der Waals surface area contributed by atoms with Gasteiger partial charge >= 0.3 is 0 Å². The summed E-state index contributed by atoms with van der Waals surface area (Å²) in [7, 11) is 0. The van der Waals surface area contributed by atoms with Gasteiger partial charge in [0.2, 0.25) is 0 Å². The van der Waals surface area contributed by atoms with Crippen LogP contribution in [0.4, 0.5) is 0 Å². The van der Waals surface area contributed by atoms with Crippen LogP contribution in [-0.4, -0.2) is 12.6 Å². The molecule has 1 nitrogen and oxygen atoms in total. The molecule has 1 N–H and O–H groups in total. The lowest BCUT2D eigenvalue weighted by Gasteiger charge is -2.20. The molecule has 0 saturated heterocycles. The van der Waals surface area contributed by atoms with Crippen molar-refractivity contribution in [2.75, 3.05) is 6.54 Å². The summed E-state index contributed by atoms with van der Waals surface area (Å²) in [5.74, 6) is 0.819. The maximum absolute atomic E-state index is 3.67. The van der Waals surface area contributed by atoms with Crippen molar-refractivity contribution in [3.63, 3.8) is 0 Å². The predicted molar refractivity (Wildman–Crippen MR) is 58.9 cm³/mol. The van der Waals surface area contributed by atoms with Crippen molar-refractivity contribution in [2.24, 2.45) is 11.3 Å². The minimum atomic E-state index is 0.698. The van der Waals surface area contributed by atoms with E-state index in [1.807, 2.05) is 0 Å². The Balaban J connectivity index is 2.11. The van der Waals surface area contributed by atoms with Crippen LogP contribution in [0, 0.1) is 11.3 Å². The maximum Gasteiger partial charge on any atom is 0.00413 e. The summed E-state index contributed by atoms with van der Waals surface area (Å²) in [6, 6.07) is 0.698. The molecule has 0 radical (unpaired) electrons. The minimum Gasteiger partial charge on any atom is -0.314 e. The number of hydrogen-bond donors (Lipinski definition) is 1. The number of nitrogens with one attached hydrogen (secondary N) is 1. The molecule has 13 heavy (non-hydrogen) atoms. The molecule has 0 amide bonds. The van der Waals surface area contributed by atoms with Gasteiger partial charge in [-0.3, -0.25) is 0 Å². The predicted octanol–water partition coefficient (Wildman–Crippen LogP) is 3.20. The standard InChI is InChI=1S/C12H25N/c1-5-12(6-7-12)9-13-11(4)8-10(2)3/h10-11,13H,5-9H2,1-4H3. The Labute approximate surface area is 83.3 Å². The molecule has 1 fully saturated rings. The molecule has 1 rings (SSSR count). The van der Waals surface area contributed by atoms with Crippen LogP contribution in [0.25, 0.3) is 0 Å². The molecule has 78 valence electrons. The van der Waals surface area contributed by atoms with E-state index in [-0.39, 0.29) is 0 Å². The highest BCUT2D eigenvalue weighted by molar-refractivity contribution is 4.93. The van der Waals surface area contributed by atoms with E-state index in [0.29, 0.717) is 11.5 Å². The fourth-order valence-corrected chi connectivity index (χ4v) is 2.01. The smallest absolute Gasteiger partial charge is 0.00413 e. The van der Waals surface area contributed by atoms with Gasteiger partial charge in [-0.25, -0.2) is 0 Å². The molecule has 0 bridgehead atoms. The van der Waals surface area contributed by atoms with E-state index in [1.165, 1.54) is 32.2 Å². The molecule has 1 heteroatoms. The minimum absolute atomic E-state index is 0.698. The first-order chi connectivity index (χ1) is 6.08.